The van der Waals surface area contributed by atoms with Gasteiger partial charge in [0.2, 0.25) is 0 Å². The summed E-state index contributed by atoms with van der Waals surface area (Å²) in [6.07, 6.45) is 6.59. The number of unbranched alkanes of at least 4 members (excludes halogenated alkanes) is 1. The molecule has 0 aliphatic heterocycles. The van der Waals surface area contributed by atoms with Crippen LogP contribution in [0.4, 0.5) is 0 Å². The van der Waals surface area contributed by atoms with Gasteiger partial charge >= 0.3 is 0 Å². The van der Waals surface area contributed by atoms with E-state index in [9.17, 15) is 0 Å². The molecule has 0 aliphatic carbocycles. The van der Waals surface area contributed by atoms with Gasteiger partial charge < -0.3 is 5.11 Å². The van der Waals surface area contributed by atoms with Crippen molar-refractivity contribution in [1.29, 1.82) is 0 Å². The van der Waals surface area contributed by atoms with E-state index in [4.69, 9.17) is 5.11 Å². The van der Waals surface area contributed by atoms with Crippen LogP contribution in [0, 0.1) is 0 Å². The molecule has 0 radical (unpaired) electrons. The highest BCUT2D eigenvalue weighted by atomic mass is 16.2. The van der Waals surface area contributed by atoms with Gasteiger partial charge in [0.15, 0.2) is 0 Å². The van der Waals surface area contributed by atoms with Gasteiger partial charge in [0, 0.05) is 6.61 Å². The number of aliphatic hydroxyl groups excluding tert-OH is 1. The Morgan fingerprint density at radius 2 is 2.10 bits per heavy atom. The summed E-state index contributed by atoms with van der Waals surface area (Å²) in [6, 6.07) is 0. The first-order chi connectivity index (χ1) is 4.81. The lowest BCUT2D eigenvalue weighted by Gasteiger charge is -1.97. The molecule has 1 N–H and O–H groups in total. The topological polar surface area (TPSA) is 20.2 Å². The third-order valence-corrected chi connectivity index (χ3v) is 1.53. The lowest BCUT2D eigenvalue weighted by Crippen LogP contribution is -1.83. The Hall–Kier alpha value is -0.300. The monoisotopic (exact) mass is 142 g/mol. The molecule has 10 heavy (non-hydrogen) atoms. The zero-order valence-electron chi connectivity index (χ0n) is 7.06. The van der Waals surface area contributed by atoms with E-state index in [1.165, 1.54) is 5.57 Å². The second-order valence-corrected chi connectivity index (χ2v) is 2.64. The molecular formula is C9H18O. The van der Waals surface area contributed by atoms with Crippen LogP contribution < -0.4 is 0 Å². The fourth-order valence-corrected chi connectivity index (χ4v) is 0.966. The summed E-state index contributed by atoms with van der Waals surface area (Å²) in [5, 5.41) is 8.49. The van der Waals surface area contributed by atoms with Crippen LogP contribution in [-0.2, 0) is 0 Å². The average Bonchev–Trinajstić information content (AvgIpc) is 1.89. The smallest absolute Gasteiger partial charge is 0.0431 e. The molecule has 0 aliphatic rings. The summed E-state index contributed by atoms with van der Waals surface area (Å²) < 4.78 is 0. The molecule has 0 aromatic carbocycles. The van der Waals surface area contributed by atoms with Crippen LogP contribution in [0.1, 0.15) is 39.5 Å². The molecule has 0 aromatic heterocycles. The highest BCUT2D eigenvalue weighted by molar-refractivity contribution is 4.96. The summed E-state index contributed by atoms with van der Waals surface area (Å²) in [5.74, 6) is 0. The SMILES string of the molecule is CC/C=C(/C)CCCCO. The van der Waals surface area contributed by atoms with Crippen molar-refractivity contribution in [2.45, 2.75) is 39.5 Å². The van der Waals surface area contributed by atoms with E-state index >= 15 is 0 Å². The van der Waals surface area contributed by atoms with Gasteiger partial charge in [-0.05, 0) is 32.6 Å². The average molecular weight is 142 g/mol. The molecule has 0 heterocycles. The molecule has 60 valence electrons. The molecule has 1 heteroatoms. The van der Waals surface area contributed by atoms with E-state index in [-0.39, 0.29) is 0 Å². The highest BCUT2D eigenvalue weighted by Gasteiger charge is 1.88. The second kappa shape index (κ2) is 6.81. The van der Waals surface area contributed by atoms with Crippen molar-refractivity contribution < 1.29 is 5.11 Å². The molecule has 0 fully saturated rings. The van der Waals surface area contributed by atoms with Crippen LogP contribution in [-0.4, -0.2) is 11.7 Å². The van der Waals surface area contributed by atoms with E-state index in [1.54, 1.807) is 0 Å². The zero-order chi connectivity index (χ0) is 7.82. The third-order valence-electron chi connectivity index (χ3n) is 1.53. The highest BCUT2D eigenvalue weighted by Crippen LogP contribution is 2.06. The van der Waals surface area contributed by atoms with Gasteiger partial charge in [-0.15, -0.1) is 0 Å². The van der Waals surface area contributed by atoms with Crippen LogP contribution in [0.25, 0.3) is 0 Å². The first-order valence-corrected chi connectivity index (χ1v) is 4.07. The van der Waals surface area contributed by atoms with E-state index in [0.29, 0.717) is 6.61 Å². The van der Waals surface area contributed by atoms with Gasteiger partial charge in [-0.25, -0.2) is 0 Å². The maximum atomic E-state index is 8.49. The lowest BCUT2D eigenvalue weighted by atomic mass is 10.1. The minimum atomic E-state index is 0.333. The lowest BCUT2D eigenvalue weighted by molar-refractivity contribution is 0.284. The Kier molecular flexibility index (Phi) is 6.61. The van der Waals surface area contributed by atoms with Crippen molar-refractivity contribution in [3.8, 4) is 0 Å². The van der Waals surface area contributed by atoms with Crippen LogP contribution in [0.2, 0.25) is 0 Å². The molecule has 0 atom stereocenters. The van der Waals surface area contributed by atoms with Gasteiger partial charge in [-0.3, -0.25) is 0 Å². The van der Waals surface area contributed by atoms with E-state index in [2.05, 4.69) is 19.9 Å². The Bertz CT molecular complexity index is 94.9. The number of hydrogen-bond acceptors (Lipinski definition) is 1. The summed E-state index contributed by atoms with van der Waals surface area (Å²) in [5.41, 5.74) is 1.45. The maximum absolute atomic E-state index is 8.49. The van der Waals surface area contributed by atoms with E-state index < -0.39 is 0 Å². The van der Waals surface area contributed by atoms with Gasteiger partial charge in [0.25, 0.3) is 0 Å². The summed E-state index contributed by atoms with van der Waals surface area (Å²) in [4.78, 5) is 0. The Balaban J connectivity index is 3.21. The van der Waals surface area contributed by atoms with Gasteiger partial charge in [-0.2, -0.15) is 0 Å². The van der Waals surface area contributed by atoms with Crippen LogP contribution in [0.3, 0.4) is 0 Å². The van der Waals surface area contributed by atoms with E-state index in [0.717, 1.165) is 25.7 Å². The van der Waals surface area contributed by atoms with Crippen molar-refractivity contribution in [2.24, 2.45) is 0 Å². The van der Waals surface area contributed by atoms with Crippen molar-refractivity contribution >= 4 is 0 Å². The molecule has 0 saturated heterocycles. The molecule has 0 saturated carbocycles. The quantitative estimate of drug-likeness (QED) is 0.462. The molecule has 0 bridgehead atoms. The minimum absolute atomic E-state index is 0.333. The molecule has 0 spiro atoms. The van der Waals surface area contributed by atoms with Crippen LogP contribution in [0.5, 0.6) is 0 Å². The van der Waals surface area contributed by atoms with E-state index in [1.807, 2.05) is 0 Å². The first-order valence-electron chi connectivity index (χ1n) is 4.07. The van der Waals surface area contributed by atoms with Crippen molar-refractivity contribution in [3.05, 3.63) is 11.6 Å². The number of aliphatic hydroxyl groups is 1. The Morgan fingerprint density at radius 3 is 2.60 bits per heavy atom. The molecular weight excluding hydrogens is 124 g/mol. The zero-order valence-corrected chi connectivity index (χ0v) is 7.06. The predicted molar refractivity (Wildman–Crippen MR) is 45.0 cm³/mol. The molecule has 0 aromatic rings. The fourth-order valence-electron chi connectivity index (χ4n) is 0.966. The molecule has 0 amide bonds. The Morgan fingerprint density at radius 1 is 1.40 bits per heavy atom. The molecule has 0 rings (SSSR count). The number of rotatable bonds is 5. The fraction of sp³-hybridized carbons (Fsp3) is 0.778. The summed E-state index contributed by atoms with van der Waals surface area (Å²) in [7, 11) is 0. The number of hydrogen-bond donors (Lipinski definition) is 1. The summed E-state index contributed by atoms with van der Waals surface area (Å²) in [6.45, 7) is 4.63. The largest absolute Gasteiger partial charge is 0.396 e. The maximum Gasteiger partial charge on any atom is 0.0431 e. The van der Waals surface area contributed by atoms with Gasteiger partial charge in [0.05, 0.1) is 0 Å². The Labute approximate surface area is 63.8 Å². The molecule has 0 unspecified atom stereocenters. The van der Waals surface area contributed by atoms with Crippen LogP contribution in [0.15, 0.2) is 11.6 Å². The van der Waals surface area contributed by atoms with Gasteiger partial charge in [0.1, 0.15) is 0 Å². The van der Waals surface area contributed by atoms with Crippen molar-refractivity contribution in [1.82, 2.24) is 0 Å². The number of allylic oxidation sites excluding steroid dienone is 2. The third kappa shape index (κ3) is 5.83. The second-order valence-electron chi connectivity index (χ2n) is 2.64. The van der Waals surface area contributed by atoms with Crippen LogP contribution >= 0.6 is 0 Å². The van der Waals surface area contributed by atoms with Crippen molar-refractivity contribution in [3.63, 3.8) is 0 Å². The molecule has 1 nitrogen and oxygen atoms in total. The predicted octanol–water partition coefficient (Wildman–Crippen LogP) is 2.51. The normalized spacial score (nSPS) is 12.1. The first kappa shape index (κ1) is 9.70. The minimum Gasteiger partial charge on any atom is -0.396 e. The summed E-state index contributed by atoms with van der Waals surface area (Å²) >= 11 is 0. The standard InChI is InChI=1S/C9H18O/c1-3-6-9(2)7-4-5-8-10/h6,10H,3-5,7-8H2,1-2H3/b9-6-. The van der Waals surface area contributed by atoms with Crippen molar-refractivity contribution in [2.75, 3.05) is 6.61 Å². The van der Waals surface area contributed by atoms with Gasteiger partial charge in [-0.1, -0.05) is 18.6 Å².